The Morgan fingerprint density at radius 3 is 3.06 bits per heavy atom. The Balaban J connectivity index is 1.85. The normalized spacial score (nSPS) is 14.5. The number of nitrogens with one attached hydrogen (secondary N) is 2. The Kier molecular flexibility index (Phi) is 4.43. The molecular formula is C15H24N2. The Hall–Kier alpha value is -1.02. The lowest BCUT2D eigenvalue weighted by Crippen LogP contribution is -2.22. The van der Waals surface area contributed by atoms with Gasteiger partial charge in [-0.25, -0.2) is 0 Å². The molecule has 0 aromatic heterocycles. The molecule has 2 N–H and O–H groups in total. The summed E-state index contributed by atoms with van der Waals surface area (Å²) < 4.78 is 0. The van der Waals surface area contributed by atoms with Crippen LogP contribution >= 0.6 is 0 Å². The first-order chi connectivity index (χ1) is 8.25. The molecule has 2 heteroatoms. The van der Waals surface area contributed by atoms with Crippen LogP contribution in [-0.2, 0) is 12.8 Å². The summed E-state index contributed by atoms with van der Waals surface area (Å²) in [5.74, 6) is 0.739. The lowest BCUT2D eigenvalue weighted by atomic mass is 9.99. The molecule has 0 saturated carbocycles. The SMILES string of the molecule is CC(C)CNCCc1ccc2c(c1)CCCN2. The summed E-state index contributed by atoms with van der Waals surface area (Å²) in [4.78, 5) is 0. The third kappa shape index (κ3) is 3.74. The zero-order valence-electron chi connectivity index (χ0n) is 11.1. The van der Waals surface area contributed by atoms with Crippen molar-refractivity contribution in [3.05, 3.63) is 29.3 Å². The van der Waals surface area contributed by atoms with Crippen LogP contribution in [0.5, 0.6) is 0 Å². The van der Waals surface area contributed by atoms with E-state index in [0.29, 0.717) is 0 Å². The first kappa shape index (κ1) is 12.4. The molecule has 0 aliphatic carbocycles. The van der Waals surface area contributed by atoms with Gasteiger partial charge in [0, 0.05) is 12.2 Å². The molecule has 2 nitrogen and oxygen atoms in total. The van der Waals surface area contributed by atoms with E-state index in [0.717, 1.165) is 32.0 Å². The number of rotatable bonds is 5. The standard InChI is InChI=1S/C15H24N2/c1-12(2)11-16-9-7-13-5-6-15-14(10-13)4-3-8-17-15/h5-6,10,12,16-17H,3-4,7-9,11H2,1-2H3. The van der Waals surface area contributed by atoms with Crippen LogP contribution in [0, 0.1) is 5.92 Å². The molecule has 2 rings (SSSR count). The molecule has 0 bridgehead atoms. The van der Waals surface area contributed by atoms with Crippen LogP contribution in [0.25, 0.3) is 0 Å². The fourth-order valence-corrected chi connectivity index (χ4v) is 2.31. The highest BCUT2D eigenvalue weighted by Gasteiger charge is 2.08. The molecule has 0 spiro atoms. The number of fused-ring (bicyclic) bond motifs is 1. The van der Waals surface area contributed by atoms with Crippen molar-refractivity contribution in [2.45, 2.75) is 33.1 Å². The highest BCUT2D eigenvalue weighted by molar-refractivity contribution is 5.54. The van der Waals surface area contributed by atoms with Crippen molar-refractivity contribution < 1.29 is 0 Å². The minimum atomic E-state index is 0.739. The number of hydrogen-bond acceptors (Lipinski definition) is 2. The van der Waals surface area contributed by atoms with E-state index in [2.05, 4.69) is 42.7 Å². The minimum absolute atomic E-state index is 0.739. The molecule has 1 aromatic carbocycles. The second kappa shape index (κ2) is 6.06. The third-order valence-corrected chi connectivity index (χ3v) is 3.25. The van der Waals surface area contributed by atoms with Gasteiger partial charge in [-0.2, -0.15) is 0 Å². The van der Waals surface area contributed by atoms with Crippen LogP contribution in [0.15, 0.2) is 18.2 Å². The van der Waals surface area contributed by atoms with E-state index in [1.54, 1.807) is 0 Å². The van der Waals surface area contributed by atoms with Gasteiger partial charge in [-0.15, -0.1) is 0 Å². The fraction of sp³-hybridized carbons (Fsp3) is 0.600. The van der Waals surface area contributed by atoms with Crippen molar-refractivity contribution in [3.63, 3.8) is 0 Å². The summed E-state index contributed by atoms with van der Waals surface area (Å²) in [7, 11) is 0. The van der Waals surface area contributed by atoms with Crippen LogP contribution < -0.4 is 10.6 Å². The van der Waals surface area contributed by atoms with Crippen LogP contribution in [0.2, 0.25) is 0 Å². The van der Waals surface area contributed by atoms with Crippen molar-refractivity contribution in [2.75, 3.05) is 25.0 Å². The molecule has 0 saturated heterocycles. The topological polar surface area (TPSA) is 24.1 Å². The summed E-state index contributed by atoms with van der Waals surface area (Å²) in [6, 6.07) is 6.87. The van der Waals surface area contributed by atoms with Gasteiger partial charge in [-0.05, 0) is 55.5 Å². The molecule has 94 valence electrons. The van der Waals surface area contributed by atoms with Crippen molar-refractivity contribution in [3.8, 4) is 0 Å². The second-order valence-electron chi connectivity index (χ2n) is 5.37. The fourth-order valence-electron chi connectivity index (χ4n) is 2.31. The highest BCUT2D eigenvalue weighted by atomic mass is 14.9. The maximum Gasteiger partial charge on any atom is 0.0372 e. The number of hydrogen-bond donors (Lipinski definition) is 2. The lowest BCUT2D eigenvalue weighted by Gasteiger charge is -2.18. The number of aryl methyl sites for hydroxylation is 1. The predicted molar refractivity (Wildman–Crippen MR) is 74.7 cm³/mol. The van der Waals surface area contributed by atoms with Gasteiger partial charge in [0.25, 0.3) is 0 Å². The Morgan fingerprint density at radius 1 is 1.35 bits per heavy atom. The molecule has 1 heterocycles. The molecular weight excluding hydrogens is 208 g/mol. The van der Waals surface area contributed by atoms with E-state index < -0.39 is 0 Å². The summed E-state index contributed by atoms with van der Waals surface area (Å²) in [5.41, 5.74) is 4.30. The van der Waals surface area contributed by atoms with Crippen molar-refractivity contribution in [1.82, 2.24) is 5.32 Å². The van der Waals surface area contributed by atoms with Gasteiger partial charge in [-0.1, -0.05) is 26.0 Å². The van der Waals surface area contributed by atoms with E-state index in [9.17, 15) is 0 Å². The summed E-state index contributed by atoms with van der Waals surface area (Å²) in [6.07, 6.45) is 3.64. The van der Waals surface area contributed by atoms with Crippen LogP contribution in [0.4, 0.5) is 5.69 Å². The van der Waals surface area contributed by atoms with Gasteiger partial charge in [0.2, 0.25) is 0 Å². The first-order valence-electron chi connectivity index (χ1n) is 6.82. The largest absolute Gasteiger partial charge is 0.385 e. The van der Waals surface area contributed by atoms with Crippen LogP contribution in [0.3, 0.4) is 0 Å². The van der Waals surface area contributed by atoms with E-state index in [1.165, 1.54) is 29.7 Å². The summed E-state index contributed by atoms with van der Waals surface area (Å²) in [6.45, 7) is 7.83. The Morgan fingerprint density at radius 2 is 2.24 bits per heavy atom. The second-order valence-corrected chi connectivity index (χ2v) is 5.37. The first-order valence-corrected chi connectivity index (χ1v) is 6.82. The van der Waals surface area contributed by atoms with Crippen molar-refractivity contribution >= 4 is 5.69 Å². The van der Waals surface area contributed by atoms with Gasteiger partial charge in [0.15, 0.2) is 0 Å². The quantitative estimate of drug-likeness (QED) is 0.763. The predicted octanol–water partition coefficient (Wildman–Crippen LogP) is 2.83. The van der Waals surface area contributed by atoms with Gasteiger partial charge >= 0.3 is 0 Å². The summed E-state index contributed by atoms with van der Waals surface area (Å²) >= 11 is 0. The maximum absolute atomic E-state index is 3.50. The Labute approximate surface area is 105 Å². The van der Waals surface area contributed by atoms with E-state index >= 15 is 0 Å². The average Bonchev–Trinajstić information content (AvgIpc) is 2.34. The Bertz CT molecular complexity index is 358. The summed E-state index contributed by atoms with van der Waals surface area (Å²) in [5, 5.41) is 6.95. The van der Waals surface area contributed by atoms with Gasteiger partial charge in [0.1, 0.15) is 0 Å². The maximum atomic E-state index is 3.50. The highest BCUT2D eigenvalue weighted by Crippen LogP contribution is 2.22. The van der Waals surface area contributed by atoms with Crippen LogP contribution in [-0.4, -0.2) is 19.6 Å². The molecule has 0 radical (unpaired) electrons. The smallest absolute Gasteiger partial charge is 0.0372 e. The molecule has 17 heavy (non-hydrogen) atoms. The minimum Gasteiger partial charge on any atom is -0.385 e. The monoisotopic (exact) mass is 232 g/mol. The zero-order valence-corrected chi connectivity index (χ0v) is 11.1. The van der Waals surface area contributed by atoms with E-state index in [1.807, 2.05) is 0 Å². The van der Waals surface area contributed by atoms with Gasteiger partial charge in [0.05, 0.1) is 0 Å². The lowest BCUT2D eigenvalue weighted by molar-refractivity contribution is 0.554. The number of anilines is 1. The van der Waals surface area contributed by atoms with Gasteiger partial charge in [-0.3, -0.25) is 0 Å². The van der Waals surface area contributed by atoms with E-state index in [-0.39, 0.29) is 0 Å². The van der Waals surface area contributed by atoms with E-state index in [4.69, 9.17) is 0 Å². The third-order valence-electron chi connectivity index (χ3n) is 3.25. The molecule has 0 amide bonds. The number of benzene rings is 1. The molecule has 0 fully saturated rings. The van der Waals surface area contributed by atoms with Crippen molar-refractivity contribution in [2.24, 2.45) is 5.92 Å². The zero-order chi connectivity index (χ0) is 12.1. The average molecular weight is 232 g/mol. The molecule has 1 aromatic rings. The van der Waals surface area contributed by atoms with Gasteiger partial charge < -0.3 is 10.6 Å². The molecule has 1 aliphatic heterocycles. The molecule has 0 atom stereocenters. The molecule has 1 aliphatic rings. The molecule has 0 unspecified atom stereocenters. The van der Waals surface area contributed by atoms with Crippen LogP contribution in [0.1, 0.15) is 31.4 Å². The van der Waals surface area contributed by atoms with Crippen molar-refractivity contribution in [1.29, 1.82) is 0 Å².